The van der Waals surface area contributed by atoms with E-state index >= 15 is 0 Å². The summed E-state index contributed by atoms with van der Waals surface area (Å²) in [6.07, 6.45) is 1.05. The summed E-state index contributed by atoms with van der Waals surface area (Å²) in [5, 5.41) is 0. The van der Waals surface area contributed by atoms with Gasteiger partial charge < -0.3 is 4.74 Å². The van der Waals surface area contributed by atoms with Crippen LogP contribution in [-0.4, -0.2) is 64.1 Å². The Morgan fingerprint density at radius 1 is 1.43 bits per heavy atom. The van der Waals surface area contributed by atoms with Gasteiger partial charge in [0.1, 0.15) is 0 Å². The first kappa shape index (κ1) is 16.4. The molecule has 0 radical (unpaired) electrons. The molecule has 1 heterocycles. The van der Waals surface area contributed by atoms with Crippen molar-refractivity contribution in [3.8, 4) is 0 Å². The van der Waals surface area contributed by atoms with Gasteiger partial charge >= 0.3 is 0 Å². The van der Waals surface area contributed by atoms with Gasteiger partial charge in [0.25, 0.3) is 0 Å². The lowest BCUT2D eigenvalue weighted by atomic mass is 10.2. The normalized spacial score (nSPS) is 23.9. The topological polar surface area (TPSA) is 49.9 Å². The Kier molecular flexibility index (Phi) is 5.03. The SMILES string of the molecule is CO[C@H]1C[C@@H](CN(C)S(=O)(=O)c2cccc(C)c2)N(C)C1. The highest BCUT2D eigenvalue weighted by molar-refractivity contribution is 7.89. The zero-order chi connectivity index (χ0) is 15.6. The Labute approximate surface area is 127 Å². The van der Waals surface area contributed by atoms with Gasteiger partial charge in [0.15, 0.2) is 0 Å². The van der Waals surface area contributed by atoms with E-state index in [0.717, 1.165) is 18.5 Å². The molecule has 1 saturated heterocycles. The van der Waals surface area contributed by atoms with Crippen LogP contribution in [0.3, 0.4) is 0 Å². The molecule has 6 heteroatoms. The van der Waals surface area contributed by atoms with Crippen LogP contribution in [0.4, 0.5) is 0 Å². The summed E-state index contributed by atoms with van der Waals surface area (Å²) in [5.41, 5.74) is 0.946. The van der Waals surface area contributed by atoms with E-state index < -0.39 is 10.0 Å². The van der Waals surface area contributed by atoms with E-state index in [2.05, 4.69) is 4.90 Å². The molecule has 0 amide bonds. The van der Waals surface area contributed by atoms with E-state index in [4.69, 9.17) is 4.74 Å². The van der Waals surface area contributed by atoms with Crippen LogP contribution in [0.5, 0.6) is 0 Å². The van der Waals surface area contributed by atoms with Crippen LogP contribution in [-0.2, 0) is 14.8 Å². The molecule has 2 rings (SSSR count). The number of methoxy groups -OCH3 is 1. The first-order valence-electron chi connectivity index (χ1n) is 7.10. The second kappa shape index (κ2) is 6.44. The standard InChI is InChI=1S/C15H24N2O3S/c1-12-6-5-7-15(8-12)21(18,19)17(3)10-13-9-14(20-4)11-16(13)2/h5-8,13-14H,9-11H2,1-4H3/t13-,14-/m0/s1. The highest BCUT2D eigenvalue weighted by Crippen LogP contribution is 2.22. The zero-order valence-corrected chi connectivity index (χ0v) is 13.9. The molecule has 21 heavy (non-hydrogen) atoms. The van der Waals surface area contributed by atoms with Crippen LogP contribution in [0.2, 0.25) is 0 Å². The van der Waals surface area contributed by atoms with Crippen LogP contribution >= 0.6 is 0 Å². The predicted molar refractivity (Wildman–Crippen MR) is 82.8 cm³/mol. The molecule has 0 N–H and O–H groups in total. The smallest absolute Gasteiger partial charge is 0.242 e. The monoisotopic (exact) mass is 312 g/mol. The van der Waals surface area contributed by atoms with Crippen molar-refractivity contribution in [3.05, 3.63) is 29.8 Å². The molecule has 1 aromatic carbocycles. The first-order valence-corrected chi connectivity index (χ1v) is 8.54. The average Bonchev–Trinajstić information content (AvgIpc) is 2.79. The van der Waals surface area contributed by atoms with Crippen LogP contribution in [0.25, 0.3) is 0 Å². The molecule has 118 valence electrons. The van der Waals surface area contributed by atoms with Gasteiger partial charge in [-0.2, -0.15) is 4.31 Å². The average molecular weight is 312 g/mol. The van der Waals surface area contributed by atoms with Crippen LogP contribution in [0, 0.1) is 6.92 Å². The van der Waals surface area contributed by atoms with Gasteiger partial charge in [-0.3, -0.25) is 4.90 Å². The molecule has 0 bridgehead atoms. The molecule has 1 aliphatic heterocycles. The van der Waals surface area contributed by atoms with E-state index in [-0.39, 0.29) is 12.1 Å². The maximum absolute atomic E-state index is 12.6. The maximum atomic E-state index is 12.6. The molecule has 0 saturated carbocycles. The fourth-order valence-corrected chi connectivity index (χ4v) is 4.08. The molecular formula is C15H24N2O3S. The quantitative estimate of drug-likeness (QED) is 0.823. The number of hydrogen-bond acceptors (Lipinski definition) is 4. The van der Waals surface area contributed by atoms with Gasteiger partial charge in [-0.25, -0.2) is 8.42 Å². The van der Waals surface area contributed by atoms with Gasteiger partial charge in [-0.05, 0) is 38.1 Å². The molecule has 2 atom stereocenters. The van der Waals surface area contributed by atoms with Crippen molar-refractivity contribution in [2.75, 3.05) is 34.3 Å². The highest BCUT2D eigenvalue weighted by atomic mass is 32.2. The summed E-state index contributed by atoms with van der Waals surface area (Å²) in [6, 6.07) is 7.22. The molecule has 5 nitrogen and oxygen atoms in total. The number of ether oxygens (including phenoxy) is 1. The largest absolute Gasteiger partial charge is 0.380 e. The van der Waals surface area contributed by atoms with E-state index in [1.165, 1.54) is 4.31 Å². The van der Waals surface area contributed by atoms with Crippen LogP contribution in [0.1, 0.15) is 12.0 Å². The number of nitrogens with zero attached hydrogens (tertiary/aromatic N) is 2. The zero-order valence-electron chi connectivity index (χ0n) is 13.1. The Balaban J connectivity index is 2.11. The lowest BCUT2D eigenvalue weighted by Crippen LogP contribution is -2.39. The third kappa shape index (κ3) is 3.63. The molecule has 0 aliphatic carbocycles. The molecule has 0 unspecified atom stereocenters. The fourth-order valence-electron chi connectivity index (χ4n) is 2.76. The third-order valence-electron chi connectivity index (χ3n) is 4.15. The maximum Gasteiger partial charge on any atom is 0.242 e. The second-order valence-corrected chi connectivity index (χ2v) is 7.83. The summed E-state index contributed by atoms with van der Waals surface area (Å²) in [5.74, 6) is 0. The van der Waals surface area contributed by atoms with Crippen molar-refractivity contribution in [1.82, 2.24) is 9.21 Å². The summed E-state index contributed by atoms with van der Waals surface area (Å²) in [6.45, 7) is 3.22. The molecule has 1 aromatic rings. The minimum Gasteiger partial charge on any atom is -0.380 e. The summed E-state index contributed by atoms with van der Waals surface area (Å²) >= 11 is 0. The van der Waals surface area contributed by atoms with Crippen molar-refractivity contribution in [2.45, 2.75) is 30.4 Å². The summed E-state index contributed by atoms with van der Waals surface area (Å²) in [4.78, 5) is 2.52. The second-order valence-electron chi connectivity index (χ2n) is 5.79. The van der Waals surface area contributed by atoms with Gasteiger partial charge in [0.05, 0.1) is 11.0 Å². The lowest BCUT2D eigenvalue weighted by Gasteiger charge is -2.25. The third-order valence-corrected chi connectivity index (χ3v) is 5.97. The van der Waals surface area contributed by atoms with Crippen LogP contribution in [0.15, 0.2) is 29.2 Å². The molecule has 0 aromatic heterocycles. The number of aryl methyl sites for hydroxylation is 1. The van der Waals surface area contributed by atoms with Gasteiger partial charge in [-0.15, -0.1) is 0 Å². The minimum absolute atomic E-state index is 0.190. The number of hydrogen-bond donors (Lipinski definition) is 0. The van der Waals surface area contributed by atoms with Crippen molar-refractivity contribution in [2.24, 2.45) is 0 Å². The molecule has 1 aliphatic rings. The first-order chi connectivity index (χ1) is 9.84. The van der Waals surface area contributed by atoms with Gasteiger partial charge in [0.2, 0.25) is 10.0 Å². The Morgan fingerprint density at radius 2 is 2.14 bits per heavy atom. The Hall–Kier alpha value is -0.950. The summed E-state index contributed by atoms with van der Waals surface area (Å²) in [7, 11) is 1.93. The molecule has 0 spiro atoms. The fraction of sp³-hybridized carbons (Fsp3) is 0.600. The highest BCUT2D eigenvalue weighted by Gasteiger charge is 2.33. The number of sulfonamides is 1. The van der Waals surface area contributed by atoms with Crippen molar-refractivity contribution in [1.29, 1.82) is 0 Å². The van der Waals surface area contributed by atoms with E-state index in [1.54, 1.807) is 32.4 Å². The number of rotatable bonds is 5. The van der Waals surface area contributed by atoms with E-state index in [1.807, 2.05) is 20.0 Å². The molecular weight excluding hydrogens is 288 g/mol. The van der Waals surface area contributed by atoms with Gasteiger partial charge in [0, 0.05) is 33.3 Å². The number of benzene rings is 1. The summed E-state index contributed by atoms with van der Waals surface area (Å²) < 4.78 is 32.0. The number of likely N-dealkylation sites (tertiary alicyclic amines) is 1. The van der Waals surface area contributed by atoms with Crippen molar-refractivity contribution < 1.29 is 13.2 Å². The predicted octanol–water partition coefficient (Wildman–Crippen LogP) is 1.33. The Bertz CT molecular complexity index is 588. The Morgan fingerprint density at radius 3 is 2.71 bits per heavy atom. The van der Waals surface area contributed by atoms with E-state index in [9.17, 15) is 8.42 Å². The molecule has 1 fully saturated rings. The van der Waals surface area contributed by atoms with Gasteiger partial charge in [-0.1, -0.05) is 12.1 Å². The van der Waals surface area contributed by atoms with Crippen molar-refractivity contribution in [3.63, 3.8) is 0 Å². The minimum atomic E-state index is -3.43. The number of likely N-dealkylation sites (N-methyl/N-ethyl adjacent to an activating group) is 2. The van der Waals surface area contributed by atoms with E-state index in [0.29, 0.717) is 11.4 Å². The van der Waals surface area contributed by atoms with Crippen LogP contribution < -0.4 is 0 Å². The lowest BCUT2D eigenvalue weighted by molar-refractivity contribution is 0.111. The van der Waals surface area contributed by atoms with Crippen molar-refractivity contribution >= 4 is 10.0 Å².